The Hall–Kier alpha value is -3.71. The first-order chi connectivity index (χ1) is 15.6. The van der Waals surface area contributed by atoms with E-state index < -0.39 is 15.1 Å². The van der Waals surface area contributed by atoms with E-state index >= 15 is 0 Å². The van der Waals surface area contributed by atoms with Gasteiger partial charge in [0.25, 0.3) is 5.56 Å². The van der Waals surface area contributed by atoms with Crippen molar-refractivity contribution < 1.29 is 17.9 Å². The summed E-state index contributed by atoms with van der Waals surface area (Å²) in [5.74, 6) is 0.101. The van der Waals surface area contributed by atoms with Gasteiger partial charge in [0, 0.05) is 24.4 Å². The molecular weight excluding hydrogens is 444 g/mol. The van der Waals surface area contributed by atoms with E-state index in [1.54, 1.807) is 64.3 Å². The Balaban J connectivity index is 2.19. The second kappa shape index (κ2) is 9.42. The number of pyridine rings is 1. The zero-order valence-electron chi connectivity index (χ0n) is 19.0. The number of sulfone groups is 1. The molecule has 2 aromatic heterocycles. The Bertz CT molecular complexity index is 1380. The summed E-state index contributed by atoms with van der Waals surface area (Å²) in [4.78, 5) is 20.8. The van der Waals surface area contributed by atoms with Crippen molar-refractivity contribution in [3.63, 3.8) is 0 Å². The van der Waals surface area contributed by atoms with Crippen LogP contribution in [0.4, 0.5) is 0 Å². The number of nitriles is 1. The molecule has 10 heteroatoms. The van der Waals surface area contributed by atoms with Gasteiger partial charge in [-0.3, -0.25) is 4.79 Å². The van der Waals surface area contributed by atoms with Crippen molar-refractivity contribution in [1.29, 1.82) is 5.26 Å². The number of ether oxygens (including phenoxy) is 2. The standard InChI is InChI=1S/C23H24N4O5S/c1-14(2)33(29,30)13-18-10-19(17-9-15(3)22(28)27(4)12-17)26-23(25-18)32-21-16(11-24)7-6-8-20(21)31-5/h6-10,12,14H,13H2,1-5H3. The average molecular weight is 469 g/mol. The van der Waals surface area contributed by atoms with E-state index in [9.17, 15) is 18.5 Å². The molecule has 3 rings (SSSR count). The van der Waals surface area contributed by atoms with Crippen molar-refractivity contribution in [2.45, 2.75) is 31.8 Å². The lowest BCUT2D eigenvalue weighted by molar-refractivity contribution is 0.367. The van der Waals surface area contributed by atoms with Crippen molar-refractivity contribution in [3.05, 3.63) is 63.7 Å². The maximum Gasteiger partial charge on any atom is 0.322 e. The lowest BCUT2D eigenvalue weighted by Gasteiger charge is -2.14. The minimum Gasteiger partial charge on any atom is -0.493 e. The van der Waals surface area contributed by atoms with Crippen LogP contribution < -0.4 is 15.0 Å². The first-order valence-electron chi connectivity index (χ1n) is 10.1. The Kier molecular flexibility index (Phi) is 6.84. The van der Waals surface area contributed by atoms with E-state index in [0.29, 0.717) is 22.6 Å². The molecule has 0 saturated carbocycles. The first-order valence-corrected chi connectivity index (χ1v) is 11.8. The van der Waals surface area contributed by atoms with E-state index in [0.717, 1.165) is 0 Å². The fourth-order valence-corrected chi connectivity index (χ4v) is 3.99. The molecule has 0 atom stereocenters. The van der Waals surface area contributed by atoms with Gasteiger partial charge < -0.3 is 14.0 Å². The maximum atomic E-state index is 12.6. The van der Waals surface area contributed by atoms with Gasteiger partial charge in [0.05, 0.1) is 35.1 Å². The van der Waals surface area contributed by atoms with Crippen LogP contribution in [0.25, 0.3) is 11.3 Å². The Morgan fingerprint density at radius 3 is 2.55 bits per heavy atom. The van der Waals surface area contributed by atoms with Gasteiger partial charge in [0.2, 0.25) is 0 Å². The van der Waals surface area contributed by atoms with E-state index in [4.69, 9.17) is 9.47 Å². The van der Waals surface area contributed by atoms with Crippen LogP contribution in [-0.4, -0.2) is 35.3 Å². The van der Waals surface area contributed by atoms with Crippen LogP contribution in [0.2, 0.25) is 0 Å². The fraction of sp³-hybridized carbons (Fsp3) is 0.304. The molecule has 172 valence electrons. The molecular formula is C23H24N4O5S. The molecule has 0 aliphatic rings. The molecule has 0 spiro atoms. The normalized spacial score (nSPS) is 11.3. The topological polar surface area (TPSA) is 124 Å². The second-order valence-electron chi connectivity index (χ2n) is 7.76. The summed E-state index contributed by atoms with van der Waals surface area (Å²) in [5.41, 5.74) is 1.75. The number of hydrogen-bond donors (Lipinski definition) is 0. The number of aryl methyl sites for hydroxylation is 2. The summed E-state index contributed by atoms with van der Waals surface area (Å²) in [6, 6.07) is 9.94. The number of nitrogens with zero attached hydrogens (tertiary/aromatic N) is 4. The smallest absolute Gasteiger partial charge is 0.322 e. The SMILES string of the molecule is COc1cccc(C#N)c1Oc1nc(CS(=O)(=O)C(C)C)cc(-c2cc(C)c(=O)n(C)c2)n1. The molecule has 0 N–H and O–H groups in total. The molecule has 0 amide bonds. The molecule has 0 radical (unpaired) electrons. The summed E-state index contributed by atoms with van der Waals surface area (Å²) in [5, 5.41) is 8.87. The number of aromatic nitrogens is 3. The van der Waals surface area contributed by atoms with Crippen molar-refractivity contribution in [2.24, 2.45) is 7.05 Å². The number of benzene rings is 1. The van der Waals surface area contributed by atoms with E-state index in [-0.39, 0.29) is 34.3 Å². The molecule has 0 saturated heterocycles. The van der Waals surface area contributed by atoms with Crippen LogP contribution in [0.3, 0.4) is 0 Å². The van der Waals surface area contributed by atoms with Crippen LogP contribution in [-0.2, 0) is 22.6 Å². The van der Waals surface area contributed by atoms with Gasteiger partial charge >= 0.3 is 6.01 Å². The molecule has 0 aliphatic heterocycles. The molecule has 0 bridgehead atoms. The van der Waals surface area contributed by atoms with Crippen LogP contribution in [0.1, 0.15) is 30.7 Å². The van der Waals surface area contributed by atoms with Gasteiger partial charge in [-0.25, -0.2) is 8.42 Å². The minimum absolute atomic E-state index is 0.119. The van der Waals surface area contributed by atoms with E-state index in [1.165, 1.54) is 11.7 Å². The third kappa shape index (κ3) is 5.21. The fourth-order valence-electron chi connectivity index (χ4n) is 3.09. The van der Waals surface area contributed by atoms with Gasteiger partial charge in [-0.15, -0.1) is 0 Å². The third-order valence-electron chi connectivity index (χ3n) is 5.00. The number of para-hydroxylation sites is 1. The quantitative estimate of drug-likeness (QED) is 0.518. The zero-order valence-corrected chi connectivity index (χ0v) is 19.8. The summed E-state index contributed by atoms with van der Waals surface area (Å²) in [6.45, 7) is 4.88. The lowest BCUT2D eigenvalue weighted by atomic mass is 10.1. The highest BCUT2D eigenvalue weighted by molar-refractivity contribution is 7.91. The zero-order chi connectivity index (χ0) is 24.3. The van der Waals surface area contributed by atoms with Crippen LogP contribution in [0.5, 0.6) is 17.5 Å². The maximum absolute atomic E-state index is 12.6. The molecule has 33 heavy (non-hydrogen) atoms. The number of hydrogen-bond acceptors (Lipinski definition) is 8. The molecule has 0 fully saturated rings. The van der Waals surface area contributed by atoms with Crippen molar-refractivity contribution in [3.8, 4) is 34.8 Å². The molecule has 2 heterocycles. The van der Waals surface area contributed by atoms with Gasteiger partial charge in [-0.05, 0) is 45.0 Å². The van der Waals surface area contributed by atoms with E-state index in [2.05, 4.69) is 9.97 Å². The highest BCUT2D eigenvalue weighted by atomic mass is 32.2. The highest BCUT2D eigenvalue weighted by Crippen LogP contribution is 2.34. The first kappa shape index (κ1) is 23.9. The Morgan fingerprint density at radius 2 is 1.94 bits per heavy atom. The van der Waals surface area contributed by atoms with Gasteiger partial charge in [-0.1, -0.05) is 6.07 Å². The van der Waals surface area contributed by atoms with Crippen LogP contribution in [0.15, 0.2) is 41.3 Å². The van der Waals surface area contributed by atoms with Crippen molar-refractivity contribution >= 4 is 9.84 Å². The van der Waals surface area contributed by atoms with Crippen LogP contribution >= 0.6 is 0 Å². The number of methoxy groups -OCH3 is 1. The Labute approximate surface area is 192 Å². The molecule has 1 aromatic carbocycles. The third-order valence-corrected chi connectivity index (χ3v) is 7.13. The minimum atomic E-state index is -3.47. The summed E-state index contributed by atoms with van der Waals surface area (Å²) >= 11 is 0. The summed E-state index contributed by atoms with van der Waals surface area (Å²) < 4.78 is 37.7. The number of rotatable bonds is 7. The monoisotopic (exact) mass is 468 g/mol. The van der Waals surface area contributed by atoms with Gasteiger partial charge in [0.1, 0.15) is 6.07 Å². The predicted octanol–water partition coefficient (Wildman–Crippen LogP) is 3.15. The van der Waals surface area contributed by atoms with Crippen LogP contribution in [0, 0.1) is 18.3 Å². The molecule has 0 aliphatic carbocycles. The second-order valence-corrected chi connectivity index (χ2v) is 10.3. The largest absolute Gasteiger partial charge is 0.493 e. The predicted molar refractivity (Wildman–Crippen MR) is 123 cm³/mol. The Morgan fingerprint density at radius 1 is 1.21 bits per heavy atom. The van der Waals surface area contributed by atoms with Crippen molar-refractivity contribution in [2.75, 3.05) is 7.11 Å². The lowest BCUT2D eigenvalue weighted by Crippen LogP contribution is -2.19. The van der Waals surface area contributed by atoms with Crippen molar-refractivity contribution in [1.82, 2.24) is 14.5 Å². The average Bonchev–Trinajstić information content (AvgIpc) is 2.76. The van der Waals surface area contributed by atoms with Gasteiger partial charge in [0.15, 0.2) is 21.3 Å². The summed E-state index contributed by atoms with van der Waals surface area (Å²) in [7, 11) is -0.407. The molecule has 9 nitrogen and oxygen atoms in total. The molecule has 3 aromatic rings. The van der Waals surface area contributed by atoms with Gasteiger partial charge in [-0.2, -0.15) is 15.2 Å². The summed E-state index contributed by atoms with van der Waals surface area (Å²) in [6.07, 6.45) is 1.60. The highest BCUT2D eigenvalue weighted by Gasteiger charge is 2.21. The molecule has 0 unspecified atom stereocenters. The van der Waals surface area contributed by atoms with E-state index in [1.807, 2.05) is 6.07 Å².